The first-order valence-corrected chi connectivity index (χ1v) is 6.76. The summed E-state index contributed by atoms with van der Waals surface area (Å²) in [6.45, 7) is 2.12. The number of anilines is 2. The topological polar surface area (TPSA) is 28.4 Å². The number of benzene rings is 1. The van der Waals surface area contributed by atoms with Crippen molar-refractivity contribution in [2.45, 2.75) is 19.4 Å². The van der Waals surface area contributed by atoms with E-state index in [2.05, 4.69) is 12.2 Å². The molecule has 2 aromatic rings. The van der Waals surface area contributed by atoms with Crippen LogP contribution in [-0.4, -0.2) is 14.1 Å². The summed E-state index contributed by atoms with van der Waals surface area (Å²) in [5.41, 5.74) is 2.01. The summed E-state index contributed by atoms with van der Waals surface area (Å²) in [6, 6.07) is 10.0. The minimum absolute atomic E-state index is 0.163. The van der Waals surface area contributed by atoms with Crippen molar-refractivity contribution in [3.8, 4) is 0 Å². The lowest BCUT2D eigenvalue weighted by molar-refractivity contribution is 0.474. The van der Waals surface area contributed by atoms with Crippen LogP contribution in [0.5, 0.6) is 0 Å². The number of nitrogens with zero attached hydrogens (tertiary/aromatic N) is 1. The lowest BCUT2D eigenvalue weighted by Gasteiger charge is -2.19. The molecule has 1 unspecified atom stereocenters. The van der Waals surface area contributed by atoms with Gasteiger partial charge in [-0.25, -0.2) is 0 Å². The first-order valence-electron chi connectivity index (χ1n) is 6.38. The maximum absolute atomic E-state index is 6.27. The first-order chi connectivity index (χ1) is 9.11. The second-order valence-electron chi connectivity index (χ2n) is 4.68. The third-order valence-corrected chi connectivity index (χ3v) is 3.37. The van der Waals surface area contributed by atoms with E-state index >= 15 is 0 Å². The van der Waals surface area contributed by atoms with Crippen molar-refractivity contribution in [2.24, 2.45) is 0 Å². The molecule has 4 heteroatoms. The molecule has 2 rings (SSSR count). The summed E-state index contributed by atoms with van der Waals surface area (Å²) < 4.78 is 5.45. The number of halogens is 1. The van der Waals surface area contributed by atoms with Crippen LogP contribution in [-0.2, 0) is 0 Å². The van der Waals surface area contributed by atoms with E-state index in [0.29, 0.717) is 0 Å². The average molecular weight is 279 g/mol. The van der Waals surface area contributed by atoms with E-state index in [4.69, 9.17) is 16.0 Å². The Morgan fingerprint density at radius 2 is 2.11 bits per heavy atom. The Morgan fingerprint density at radius 3 is 2.63 bits per heavy atom. The molecule has 0 fully saturated rings. The predicted molar refractivity (Wildman–Crippen MR) is 81.1 cm³/mol. The molecule has 3 nitrogen and oxygen atoms in total. The standard InChI is InChI=1S/C15H19ClN2O/c1-4-13(15-6-5-9-19-15)17-11-7-8-14(18(2)3)12(16)10-11/h5-10,13,17H,4H2,1-3H3. The summed E-state index contributed by atoms with van der Waals surface area (Å²) in [7, 11) is 3.96. The van der Waals surface area contributed by atoms with Gasteiger partial charge in [0, 0.05) is 19.8 Å². The molecule has 1 atom stereocenters. The van der Waals surface area contributed by atoms with Crippen LogP contribution in [0.1, 0.15) is 25.1 Å². The van der Waals surface area contributed by atoms with Crippen LogP contribution < -0.4 is 10.2 Å². The van der Waals surface area contributed by atoms with Crippen molar-refractivity contribution in [3.05, 3.63) is 47.4 Å². The highest BCUT2D eigenvalue weighted by atomic mass is 35.5. The zero-order valence-electron chi connectivity index (χ0n) is 11.5. The van der Waals surface area contributed by atoms with Crippen molar-refractivity contribution >= 4 is 23.0 Å². The number of hydrogen-bond acceptors (Lipinski definition) is 3. The summed E-state index contributed by atoms with van der Waals surface area (Å²) in [5, 5.41) is 4.18. The fraction of sp³-hybridized carbons (Fsp3) is 0.333. The Labute approximate surface area is 119 Å². The van der Waals surface area contributed by atoms with Gasteiger partial charge in [0.15, 0.2) is 0 Å². The number of nitrogens with one attached hydrogen (secondary N) is 1. The van der Waals surface area contributed by atoms with Gasteiger partial charge < -0.3 is 14.6 Å². The molecule has 0 aliphatic carbocycles. The summed E-state index contributed by atoms with van der Waals surface area (Å²) in [4.78, 5) is 2.00. The Balaban J connectivity index is 2.17. The van der Waals surface area contributed by atoms with Crippen LogP contribution in [0, 0.1) is 0 Å². The van der Waals surface area contributed by atoms with Crippen molar-refractivity contribution < 1.29 is 4.42 Å². The average Bonchev–Trinajstić information content (AvgIpc) is 2.89. The van der Waals surface area contributed by atoms with E-state index in [0.717, 1.165) is 28.6 Å². The maximum Gasteiger partial charge on any atom is 0.125 e. The number of rotatable bonds is 5. The third-order valence-electron chi connectivity index (χ3n) is 3.07. The predicted octanol–water partition coefficient (Wildman–Crippen LogP) is 4.56. The SMILES string of the molecule is CCC(Nc1ccc(N(C)C)c(Cl)c1)c1ccco1. The fourth-order valence-electron chi connectivity index (χ4n) is 2.02. The molecular weight excluding hydrogens is 260 g/mol. The zero-order valence-corrected chi connectivity index (χ0v) is 12.2. The van der Waals surface area contributed by atoms with Gasteiger partial charge in [0.2, 0.25) is 0 Å². The second kappa shape index (κ2) is 6.02. The molecule has 1 aromatic carbocycles. The number of hydrogen-bond donors (Lipinski definition) is 1. The molecule has 0 radical (unpaired) electrons. The van der Waals surface area contributed by atoms with Crippen molar-refractivity contribution in [1.82, 2.24) is 0 Å². The first kappa shape index (κ1) is 13.8. The van der Waals surface area contributed by atoms with E-state index in [1.54, 1.807) is 6.26 Å². The minimum atomic E-state index is 0.163. The molecule has 0 bridgehead atoms. The largest absolute Gasteiger partial charge is 0.467 e. The van der Waals surface area contributed by atoms with Crippen LogP contribution in [0.3, 0.4) is 0 Å². The highest BCUT2D eigenvalue weighted by Crippen LogP contribution is 2.30. The minimum Gasteiger partial charge on any atom is -0.467 e. The Hall–Kier alpha value is -1.61. The van der Waals surface area contributed by atoms with Gasteiger partial charge in [0.05, 0.1) is 23.0 Å². The highest BCUT2D eigenvalue weighted by molar-refractivity contribution is 6.33. The molecule has 0 aliphatic heterocycles. The Kier molecular flexibility index (Phi) is 4.38. The Bertz CT molecular complexity index is 523. The molecule has 1 heterocycles. The second-order valence-corrected chi connectivity index (χ2v) is 5.09. The monoisotopic (exact) mass is 278 g/mol. The van der Waals surface area contributed by atoms with Gasteiger partial charge in [-0.1, -0.05) is 18.5 Å². The molecule has 0 aliphatic rings. The van der Waals surface area contributed by atoms with Gasteiger partial charge >= 0.3 is 0 Å². The van der Waals surface area contributed by atoms with E-state index in [9.17, 15) is 0 Å². The third kappa shape index (κ3) is 3.24. The van der Waals surface area contributed by atoms with Gasteiger partial charge in [-0.15, -0.1) is 0 Å². The molecule has 0 saturated heterocycles. The van der Waals surface area contributed by atoms with Crippen LogP contribution in [0.4, 0.5) is 11.4 Å². The quantitative estimate of drug-likeness (QED) is 0.869. The van der Waals surface area contributed by atoms with Crippen molar-refractivity contribution in [1.29, 1.82) is 0 Å². The van der Waals surface area contributed by atoms with E-state index in [-0.39, 0.29) is 6.04 Å². The molecule has 1 aromatic heterocycles. The smallest absolute Gasteiger partial charge is 0.125 e. The van der Waals surface area contributed by atoms with Crippen LogP contribution in [0.25, 0.3) is 0 Å². The van der Waals surface area contributed by atoms with Gasteiger partial charge in [-0.3, -0.25) is 0 Å². The van der Waals surface area contributed by atoms with Gasteiger partial charge in [-0.2, -0.15) is 0 Å². The summed E-state index contributed by atoms with van der Waals surface area (Å²) in [5.74, 6) is 0.940. The molecule has 102 valence electrons. The van der Waals surface area contributed by atoms with Crippen LogP contribution in [0.15, 0.2) is 41.0 Å². The van der Waals surface area contributed by atoms with Gasteiger partial charge in [-0.05, 0) is 36.8 Å². The fourth-order valence-corrected chi connectivity index (χ4v) is 2.37. The van der Waals surface area contributed by atoms with Crippen LogP contribution in [0.2, 0.25) is 5.02 Å². The molecular formula is C15H19ClN2O. The molecule has 1 N–H and O–H groups in total. The lowest BCUT2D eigenvalue weighted by atomic mass is 10.1. The molecule has 0 saturated carbocycles. The zero-order chi connectivity index (χ0) is 13.8. The Morgan fingerprint density at radius 1 is 1.32 bits per heavy atom. The van der Waals surface area contributed by atoms with Gasteiger partial charge in [0.1, 0.15) is 5.76 Å². The van der Waals surface area contributed by atoms with Gasteiger partial charge in [0.25, 0.3) is 0 Å². The molecule has 0 spiro atoms. The summed E-state index contributed by atoms with van der Waals surface area (Å²) >= 11 is 6.27. The van der Waals surface area contributed by atoms with Crippen molar-refractivity contribution in [3.63, 3.8) is 0 Å². The molecule has 0 amide bonds. The summed E-state index contributed by atoms with van der Waals surface area (Å²) in [6.07, 6.45) is 2.64. The normalized spacial score (nSPS) is 12.2. The van der Waals surface area contributed by atoms with Crippen LogP contribution >= 0.6 is 11.6 Å². The molecule has 19 heavy (non-hydrogen) atoms. The highest BCUT2D eigenvalue weighted by Gasteiger charge is 2.12. The van der Waals surface area contributed by atoms with E-state index in [1.807, 2.05) is 49.3 Å². The van der Waals surface area contributed by atoms with E-state index < -0.39 is 0 Å². The maximum atomic E-state index is 6.27. The lowest BCUT2D eigenvalue weighted by Crippen LogP contribution is -2.11. The van der Waals surface area contributed by atoms with E-state index in [1.165, 1.54) is 0 Å². The van der Waals surface area contributed by atoms with Crippen molar-refractivity contribution in [2.75, 3.05) is 24.3 Å². The number of furan rings is 1.